The molecule has 0 aliphatic carbocycles. The van der Waals surface area contributed by atoms with Crippen LogP contribution < -0.4 is 5.32 Å². The van der Waals surface area contributed by atoms with Gasteiger partial charge in [-0.15, -0.1) is 12.6 Å². The Morgan fingerprint density at radius 3 is 2.75 bits per heavy atom. The lowest BCUT2D eigenvalue weighted by atomic mass is 10.1. The van der Waals surface area contributed by atoms with Crippen LogP contribution in [0.1, 0.15) is 11.1 Å². The van der Waals surface area contributed by atoms with Crippen molar-refractivity contribution < 1.29 is 0 Å². The molecule has 2 rings (SSSR count). The predicted octanol–water partition coefficient (Wildman–Crippen LogP) is 2.29. The number of thiol groups is 1. The fraction of sp³-hybridized carbons (Fsp3) is 0.500. The molecule has 1 saturated heterocycles. The molecule has 1 heterocycles. The molecule has 0 atom stereocenters. The van der Waals surface area contributed by atoms with Crippen LogP contribution in [0.3, 0.4) is 0 Å². The second kappa shape index (κ2) is 5.71. The highest BCUT2D eigenvalue weighted by Gasteiger charge is 2.12. The van der Waals surface area contributed by atoms with Gasteiger partial charge in [0.1, 0.15) is 0 Å². The van der Waals surface area contributed by atoms with E-state index >= 15 is 0 Å². The van der Waals surface area contributed by atoms with Crippen molar-refractivity contribution in [3.8, 4) is 0 Å². The summed E-state index contributed by atoms with van der Waals surface area (Å²) in [5.74, 6) is 0. The van der Waals surface area contributed by atoms with Crippen LogP contribution >= 0.6 is 35.2 Å². The Labute approximate surface area is 116 Å². The molecule has 0 bridgehead atoms. The first-order valence-electron chi connectivity index (χ1n) is 5.58. The molecule has 0 saturated carbocycles. The fourth-order valence-corrected chi connectivity index (χ4v) is 3.21. The second-order valence-electron chi connectivity index (χ2n) is 4.24. The van der Waals surface area contributed by atoms with Gasteiger partial charge in [0.2, 0.25) is 0 Å². The molecule has 0 spiro atoms. The highest BCUT2D eigenvalue weighted by Crippen LogP contribution is 2.22. The van der Waals surface area contributed by atoms with E-state index in [2.05, 4.69) is 64.5 Å². The predicted molar refractivity (Wildman–Crippen MR) is 79.3 cm³/mol. The van der Waals surface area contributed by atoms with Gasteiger partial charge in [-0.1, -0.05) is 0 Å². The highest BCUT2D eigenvalue weighted by atomic mass is 127. The highest BCUT2D eigenvalue weighted by molar-refractivity contribution is 14.1. The fourth-order valence-electron chi connectivity index (χ4n) is 1.99. The Kier molecular flexibility index (Phi) is 4.52. The molecule has 88 valence electrons. The van der Waals surface area contributed by atoms with Crippen LogP contribution in [0.25, 0.3) is 0 Å². The van der Waals surface area contributed by atoms with Crippen molar-refractivity contribution in [2.75, 3.05) is 26.2 Å². The van der Waals surface area contributed by atoms with E-state index in [1.54, 1.807) is 0 Å². The zero-order valence-corrected chi connectivity index (χ0v) is 12.5. The number of hydrogen-bond acceptors (Lipinski definition) is 3. The molecule has 0 amide bonds. The average Bonchev–Trinajstić information content (AvgIpc) is 2.27. The Morgan fingerprint density at radius 1 is 1.38 bits per heavy atom. The van der Waals surface area contributed by atoms with E-state index in [1.807, 2.05) is 0 Å². The number of nitrogens with zero attached hydrogens (tertiary/aromatic N) is 1. The molecule has 2 nitrogen and oxygen atoms in total. The van der Waals surface area contributed by atoms with E-state index in [-0.39, 0.29) is 0 Å². The van der Waals surface area contributed by atoms with Crippen molar-refractivity contribution in [3.63, 3.8) is 0 Å². The van der Waals surface area contributed by atoms with Crippen molar-refractivity contribution in [2.24, 2.45) is 0 Å². The molecule has 1 aliphatic heterocycles. The quantitative estimate of drug-likeness (QED) is 0.630. The van der Waals surface area contributed by atoms with E-state index in [4.69, 9.17) is 0 Å². The normalized spacial score (nSPS) is 17.7. The minimum absolute atomic E-state index is 1.05. The summed E-state index contributed by atoms with van der Waals surface area (Å²) in [4.78, 5) is 3.57. The number of halogens is 1. The van der Waals surface area contributed by atoms with Gasteiger partial charge >= 0.3 is 0 Å². The van der Waals surface area contributed by atoms with Crippen molar-refractivity contribution in [1.29, 1.82) is 0 Å². The summed E-state index contributed by atoms with van der Waals surface area (Å²) in [5, 5.41) is 3.38. The zero-order valence-electron chi connectivity index (χ0n) is 9.46. The lowest BCUT2D eigenvalue weighted by Crippen LogP contribution is -2.43. The summed E-state index contributed by atoms with van der Waals surface area (Å²) < 4.78 is 1.32. The Hall–Kier alpha value is 0.220. The first-order chi connectivity index (χ1) is 7.66. The summed E-state index contributed by atoms with van der Waals surface area (Å²) in [5.41, 5.74) is 2.82. The first kappa shape index (κ1) is 12.7. The number of nitrogens with one attached hydrogen (secondary N) is 1. The molecule has 1 aromatic rings. The molecule has 0 radical (unpaired) electrons. The summed E-state index contributed by atoms with van der Waals surface area (Å²) >= 11 is 6.84. The monoisotopic (exact) mass is 348 g/mol. The standard InChI is InChI=1S/C12H17IN2S/c1-9-10(6-11(16)7-12(9)13)8-15-4-2-14-3-5-15/h6-7,14,16H,2-5,8H2,1H3. The van der Waals surface area contributed by atoms with Gasteiger partial charge in [-0.3, -0.25) is 4.90 Å². The maximum absolute atomic E-state index is 4.45. The lowest BCUT2D eigenvalue weighted by Gasteiger charge is -2.28. The summed E-state index contributed by atoms with van der Waals surface area (Å²) in [6, 6.07) is 4.32. The van der Waals surface area contributed by atoms with E-state index in [0.29, 0.717) is 0 Å². The van der Waals surface area contributed by atoms with Gasteiger partial charge in [-0.2, -0.15) is 0 Å². The third-order valence-corrected chi connectivity index (χ3v) is 4.42. The topological polar surface area (TPSA) is 15.3 Å². The van der Waals surface area contributed by atoms with Gasteiger partial charge < -0.3 is 5.32 Å². The maximum atomic E-state index is 4.45. The average molecular weight is 348 g/mol. The lowest BCUT2D eigenvalue weighted by molar-refractivity contribution is 0.232. The van der Waals surface area contributed by atoms with Crippen LogP contribution in [-0.4, -0.2) is 31.1 Å². The van der Waals surface area contributed by atoms with Gasteiger partial charge in [0, 0.05) is 41.2 Å². The van der Waals surface area contributed by atoms with Gasteiger partial charge in [-0.05, 0) is 52.8 Å². The van der Waals surface area contributed by atoms with Crippen LogP contribution in [-0.2, 0) is 6.54 Å². The maximum Gasteiger partial charge on any atom is 0.0238 e. The number of hydrogen-bond donors (Lipinski definition) is 2. The van der Waals surface area contributed by atoms with Crippen molar-refractivity contribution in [3.05, 3.63) is 26.8 Å². The molecule has 1 fully saturated rings. The van der Waals surface area contributed by atoms with Crippen LogP contribution in [0.2, 0.25) is 0 Å². The largest absolute Gasteiger partial charge is 0.314 e. The zero-order chi connectivity index (χ0) is 11.5. The second-order valence-corrected chi connectivity index (χ2v) is 5.92. The van der Waals surface area contributed by atoms with Gasteiger partial charge in [0.15, 0.2) is 0 Å². The van der Waals surface area contributed by atoms with E-state index in [1.165, 1.54) is 14.7 Å². The molecule has 1 aliphatic rings. The molecule has 0 unspecified atom stereocenters. The third-order valence-electron chi connectivity index (χ3n) is 3.04. The molecule has 16 heavy (non-hydrogen) atoms. The SMILES string of the molecule is Cc1c(I)cc(S)cc1CN1CCNCC1. The first-order valence-corrected chi connectivity index (χ1v) is 7.10. The molecule has 4 heteroatoms. The summed E-state index contributed by atoms with van der Waals surface area (Å²) in [6.07, 6.45) is 0. The minimum atomic E-state index is 1.05. The van der Waals surface area contributed by atoms with Crippen LogP contribution in [0.5, 0.6) is 0 Å². The molecular weight excluding hydrogens is 331 g/mol. The number of rotatable bonds is 2. The molecule has 0 aromatic heterocycles. The van der Waals surface area contributed by atoms with E-state index < -0.39 is 0 Å². The summed E-state index contributed by atoms with van der Waals surface area (Å²) in [7, 11) is 0. The number of piperazine rings is 1. The Morgan fingerprint density at radius 2 is 2.06 bits per heavy atom. The Bertz CT molecular complexity index is 376. The smallest absolute Gasteiger partial charge is 0.0238 e. The van der Waals surface area contributed by atoms with Crippen molar-refractivity contribution in [1.82, 2.24) is 10.2 Å². The van der Waals surface area contributed by atoms with Gasteiger partial charge in [0.25, 0.3) is 0 Å². The van der Waals surface area contributed by atoms with E-state index in [9.17, 15) is 0 Å². The molecule has 1 aromatic carbocycles. The number of benzene rings is 1. The van der Waals surface area contributed by atoms with Crippen molar-refractivity contribution in [2.45, 2.75) is 18.4 Å². The third kappa shape index (κ3) is 3.12. The van der Waals surface area contributed by atoms with E-state index in [0.717, 1.165) is 37.6 Å². The van der Waals surface area contributed by atoms with Gasteiger partial charge in [0.05, 0.1) is 0 Å². The van der Waals surface area contributed by atoms with Crippen molar-refractivity contribution >= 4 is 35.2 Å². The van der Waals surface area contributed by atoms with Crippen LogP contribution in [0.15, 0.2) is 17.0 Å². The minimum Gasteiger partial charge on any atom is -0.314 e. The Balaban J connectivity index is 2.13. The summed E-state index contributed by atoms with van der Waals surface area (Å²) in [6.45, 7) is 7.76. The van der Waals surface area contributed by atoms with Crippen LogP contribution in [0.4, 0.5) is 0 Å². The molecule has 1 N–H and O–H groups in total. The molecular formula is C12H17IN2S. The van der Waals surface area contributed by atoms with Gasteiger partial charge in [-0.25, -0.2) is 0 Å². The van der Waals surface area contributed by atoms with Crippen LogP contribution in [0, 0.1) is 10.5 Å².